The highest BCUT2D eigenvalue weighted by molar-refractivity contribution is 6.33. The zero-order valence-electron chi connectivity index (χ0n) is 35.8. The van der Waals surface area contributed by atoms with Crippen molar-refractivity contribution in [3.8, 4) is 11.5 Å². The Balaban J connectivity index is 1.34. The van der Waals surface area contributed by atoms with Gasteiger partial charge in [0.25, 0.3) is 23.6 Å². The second-order valence-corrected chi connectivity index (χ2v) is 15.4. The molecule has 66 heavy (non-hydrogen) atoms. The quantitative estimate of drug-likeness (QED) is 0.0333. The molecule has 0 fully saturated rings. The highest BCUT2D eigenvalue weighted by Gasteiger charge is 2.28. The Hall–Kier alpha value is -6.72. The van der Waals surface area contributed by atoms with E-state index in [1.807, 2.05) is 12.1 Å². The number of anilines is 4. The summed E-state index contributed by atoms with van der Waals surface area (Å²) < 4.78 is 11.6. The number of benzene rings is 5. The second-order valence-electron chi connectivity index (χ2n) is 14.1. The SMILES string of the molecule is CCOc1cc(NC(=O)C(N=Nc2cc(C(=O)Nc3cccc(CCl)c3)ccc2Cl)C(C)=O)cc(OCC)c1NC(=O)C(N=Nc1cc(C(=O)Nc2cccc(CCl)c2)ccc1Cl)C(C)=O. The van der Waals surface area contributed by atoms with Crippen LogP contribution in [0.4, 0.5) is 34.1 Å². The van der Waals surface area contributed by atoms with Gasteiger partial charge in [0.2, 0.25) is 12.1 Å². The summed E-state index contributed by atoms with van der Waals surface area (Å²) in [5, 5.41) is 27.1. The number of hydrogen-bond donors (Lipinski definition) is 4. The molecule has 5 aromatic carbocycles. The van der Waals surface area contributed by atoms with Gasteiger partial charge in [-0.2, -0.15) is 20.5 Å². The van der Waals surface area contributed by atoms with Crippen LogP contribution in [0.2, 0.25) is 10.0 Å². The number of halogens is 4. The summed E-state index contributed by atoms with van der Waals surface area (Å²) in [4.78, 5) is 79.0. The number of ketones is 2. The second kappa shape index (κ2) is 24.0. The first kappa shape index (κ1) is 50.3. The summed E-state index contributed by atoms with van der Waals surface area (Å²) in [5.74, 6) is -3.59. The topological polar surface area (TPSA) is 218 Å². The number of azo groups is 2. The van der Waals surface area contributed by atoms with Crippen LogP contribution in [0, 0.1) is 0 Å². The fourth-order valence-corrected chi connectivity index (χ4v) is 6.58. The molecule has 0 saturated carbocycles. The van der Waals surface area contributed by atoms with Crippen LogP contribution in [0.25, 0.3) is 0 Å². The van der Waals surface area contributed by atoms with Gasteiger partial charge in [-0.1, -0.05) is 47.5 Å². The average Bonchev–Trinajstić information content (AvgIpc) is 3.28. The Labute approximate surface area is 399 Å². The van der Waals surface area contributed by atoms with Gasteiger partial charge in [-0.05, 0) is 99.5 Å². The lowest BCUT2D eigenvalue weighted by Crippen LogP contribution is -2.32. The molecule has 0 saturated heterocycles. The number of amides is 4. The molecule has 5 rings (SSSR count). The molecule has 342 valence electrons. The molecular weight excluding hydrogens is 934 g/mol. The van der Waals surface area contributed by atoms with Crippen molar-refractivity contribution < 1.29 is 38.2 Å². The van der Waals surface area contributed by atoms with E-state index in [4.69, 9.17) is 55.9 Å². The van der Waals surface area contributed by atoms with E-state index in [9.17, 15) is 28.8 Å². The summed E-state index contributed by atoms with van der Waals surface area (Å²) in [6.45, 7) is 5.81. The number of carbonyl (C=O) groups excluding carboxylic acids is 6. The molecule has 0 spiro atoms. The Bertz CT molecular complexity index is 2690. The molecular formula is C46H42Cl4N8O8. The van der Waals surface area contributed by atoms with Crippen LogP contribution in [0.15, 0.2) is 118 Å². The van der Waals surface area contributed by atoms with E-state index in [2.05, 4.69) is 41.7 Å². The number of hydrogen-bond acceptors (Lipinski definition) is 12. The van der Waals surface area contributed by atoms with Gasteiger partial charge in [-0.3, -0.25) is 28.8 Å². The fraction of sp³-hybridized carbons (Fsp3) is 0.217. The summed E-state index contributed by atoms with van der Waals surface area (Å²) >= 11 is 24.6. The summed E-state index contributed by atoms with van der Waals surface area (Å²) in [5.41, 5.74) is 3.08. The van der Waals surface area contributed by atoms with Crippen molar-refractivity contribution >= 4 is 116 Å². The van der Waals surface area contributed by atoms with E-state index >= 15 is 0 Å². The van der Waals surface area contributed by atoms with E-state index in [-0.39, 0.29) is 80.4 Å². The lowest BCUT2D eigenvalue weighted by molar-refractivity contribution is -0.127. The van der Waals surface area contributed by atoms with Crippen LogP contribution in [0.3, 0.4) is 0 Å². The third kappa shape index (κ3) is 13.7. The Morgan fingerprint density at radius 1 is 0.545 bits per heavy atom. The number of nitrogens with one attached hydrogen (secondary N) is 4. The molecule has 2 unspecified atom stereocenters. The van der Waals surface area contributed by atoms with Gasteiger partial charge >= 0.3 is 0 Å². The first-order valence-corrected chi connectivity index (χ1v) is 21.9. The van der Waals surface area contributed by atoms with Crippen LogP contribution < -0.4 is 30.7 Å². The van der Waals surface area contributed by atoms with E-state index in [0.717, 1.165) is 25.0 Å². The van der Waals surface area contributed by atoms with Crippen molar-refractivity contribution in [2.24, 2.45) is 20.5 Å². The first-order chi connectivity index (χ1) is 31.6. The number of rotatable bonds is 20. The third-order valence-corrected chi connectivity index (χ3v) is 10.4. The van der Waals surface area contributed by atoms with Crippen molar-refractivity contribution in [3.05, 3.63) is 129 Å². The van der Waals surface area contributed by atoms with Crippen LogP contribution in [0.1, 0.15) is 59.5 Å². The minimum atomic E-state index is -1.70. The maximum absolute atomic E-state index is 13.7. The summed E-state index contributed by atoms with van der Waals surface area (Å²) in [6, 6.07) is 21.9. The lowest BCUT2D eigenvalue weighted by atomic mass is 10.1. The predicted molar refractivity (Wildman–Crippen MR) is 255 cm³/mol. The van der Waals surface area contributed by atoms with Gasteiger partial charge in [0.05, 0.1) is 23.3 Å². The molecule has 4 amide bonds. The van der Waals surface area contributed by atoms with Gasteiger partial charge in [-0.15, -0.1) is 23.2 Å². The Kier molecular flexibility index (Phi) is 18.3. The third-order valence-electron chi connectivity index (χ3n) is 9.11. The molecule has 0 radical (unpaired) electrons. The van der Waals surface area contributed by atoms with Gasteiger partial charge in [0.15, 0.2) is 11.6 Å². The van der Waals surface area contributed by atoms with Gasteiger partial charge in [0.1, 0.15) is 28.6 Å². The zero-order chi connectivity index (χ0) is 47.9. The number of carbonyl (C=O) groups is 6. The molecule has 0 aliphatic rings. The standard InChI is InChI=1S/C46H42Cl4N8O8/c1-5-65-38-21-33(53-45(63)40(25(3)59)57-55-36-19-29(13-15-34(36)49)43(61)51-31-11-7-9-27(17-31)23-47)22-39(66-6-2)42(38)54-46(64)41(26(4)60)58-56-37-20-30(14-16-35(37)50)44(62)52-32-12-8-10-28(18-32)24-48/h7-22,40-41H,5-6,23-24H2,1-4H3,(H,51,61)(H,52,62)(H,53,63)(H,54,64). The summed E-state index contributed by atoms with van der Waals surface area (Å²) in [6.07, 6.45) is 0. The number of alkyl halides is 2. The molecule has 0 heterocycles. The molecule has 0 bridgehead atoms. The lowest BCUT2D eigenvalue weighted by Gasteiger charge is -2.19. The smallest absolute Gasteiger partial charge is 0.259 e. The minimum absolute atomic E-state index is 0.00814. The van der Waals surface area contributed by atoms with Crippen LogP contribution >= 0.6 is 46.4 Å². The molecule has 16 nitrogen and oxygen atoms in total. The molecule has 0 aliphatic carbocycles. The molecule has 20 heteroatoms. The zero-order valence-corrected chi connectivity index (χ0v) is 38.8. The maximum atomic E-state index is 13.7. The first-order valence-electron chi connectivity index (χ1n) is 20.0. The van der Waals surface area contributed by atoms with Crippen LogP contribution in [0.5, 0.6) is 11.5 Å². The summed E-state index contributed by atoms with van der Waals surface area (Å²) in [7, 11) is 0. The fourth-order valence-electron chi connectivity index (χ4n) is 5.93. The van der Waals surface area contributed by atoms with Gasteiger partial charge in [0, 0.05) is 52.1 Å². The highest BCUT2D eigenvalue weighted by Crippen LogP contribution is 2.39. The molecule has 2 atom stereocenters. The van der Waals surface area contributed by atoms with E-state index < -0.39 is 47.3 Å². The average molecular weight is 977 g/mol. The number of nitrogens with zero attached hydrogens (tertiary/aromatic N) is 4. The maximum Gasteiger partial charge on any atom is 0.259 e. The van der Waals surface area contributed by atoms with E-state index in [0.29, 0.717) is 11.4 Å². The van der Waals surface area contributed by atoms with Crippen molar-refractivity contribution in [2.45, 2.75) is 51.5 Å². The molecule has 4 N–H and O–H groups in total. The van der Waals surface area contributed by atoms with Crippen LogP contribution in [-0.4, -0.2) is 60.5 Å². The Morgan fingerprint density at radius 3 is 1.36 bits per heavy atom. The van der Waals surface area contributed by atoms with Gasteiger partial charge < -0.3 is 30.7 Å². The normalized spacial score (nSPS) is 12.0. The van der Waals surface area contributed by atoms with Crippen LogP contribution in [-0.2, 0) is 30.9 Å². The minimum Gasteiger partial charge on any atom is -0.491 e. The van der Waals surface area contributed by atoms with E-state index in [1.54, 1.807) is 50.2 Å². The predicted octanol–water partition coefficient (Wildman–Crippen LogP) is 11.1. The molecule has 0 aromatic heterocycles. The molecule has 0 aliphatic heterocycles. The number of ether oxygens (including phenoxy) is 2. The monoisotopic (exact) mass is 974 g/mol. The van der Waals surface area contributed by atoms with Crippen molar-refractivity contribution in [1.82, 2.24) is 0 Å². The number of Topliss-reactive ketones (excluding diaryl/α,β-unsaturated/α-hetero) is 2. The Morgan fingerprint density at radius 2 is 0.970 bits per heavy atom. The molecule has 5 aromatic rings. The van der Waals surface area contributed by atoms with E-state index in [1.165, 1.54) is 48.5 Å². The van der Waals surface area contributed by atoms with Gasteiger partial charge in [-0.25, -0.2) is 0 Å². The highest BCUT2D eigenvalue weighted by atomic mass is 35.5. The van der Waals surface area contributed by atoms with Crippen molar-refractivity contribution in [3.63, 3.8) is 0 Å². The largest absolute Gasteiger partial charge is 0.491 e. The van der Waals surface area contributed by atoms with Crippen molar-refractivity contribution in [1.29, 1.82) is 0 Å². The van der Waals surface area contributed by atoms with Crippen molar-refractivity contribution in [2.75, 3.05) is 34.5 Å².